The van der Waals surface area contributed by atoms with Gasteiger partial charge >= 0.3 is 0 Å². The predicted octanol–water partition coefficient (Wildman–Crippen LogP) is 5.60. The Balaban J connectivity index is 1.53. The minimum atomic E-state index is -0.0293. The molecule has 0 amide bonds. The molecule has 24 heavy (non-hydrogen) atoms. The number of aryl methyl sites for hydroxylation is 1. The van der Waals surface area contributed by atoms with Gasteiger partial charge in [0.2, 0.25) is 0 Å². The van der Waals surface area contributed by atoms with Crippen LogP contribution in [-0.4, -0.2) is 0 Å². The van der Waals surface area contributed by atoms with E-state index in [9.17, 15) is 4.39 Å². The first kappa shape index (κ1) is 13.6. The molecule has 5 aliphatic rings. The maximum Gasteiger partial charge on any atom is 0.119 e. The molecule has 6 atom stereocenters. The molecule has 0 heterocycles. The summed E-state index contributed by atoms with van der Waals surface area (Å²) in [5, 5.41) is 0. The lowest BCUT2D eigenvalue weighted by molar-refractivity contribution is 0.296. The van der Waals surface area contributed by atoms with Gasteiger partial charge in [-0.3, -0.25) is 0 Å². The highest BCUT2D eigenvalue weighted by molar-refractivity contribution is 5.53. The maximum atomic E-state index is 14.2. The molecule has 1 heteroatoms. The standard InChI is InChI=1S/C23H23F/c1-13-2-6-17-18-7-5-16(24)10-22(18)23(21(17)8-13)11-19-14-3-4-15(9-14)20(19)12-23/h2-8,10,14-15,18-20,22H,9,11-12H2,1H3. The second kappa shape index (κ2) is 4.31. The molecule has 0 saturated heterocycles. The topological polar surface area (TPSA) is 0 Å². The number of hydrogen-bond donors (Lipinski definition) is 0. The Morgan fingerprint density at radius 1 is 1.04 bits per heavy atom. The first-order valence-corrected chi connectivity index (χ1v) is 9.51. The number of hydrogen-bond acceptors (Lipinski definition) is 0. The predicted molar refractivity (Wildman–Crippen MR) is 94.4 cm³/mol. The van der Waals surface area contributed by atoms with Gasteiger partial charge in [0.15, 0.2) is 0 Å². The molecule has 2 bridgehead atoms. The van der Waals surface area contributed by atoms with Gasteiger partial charge in [0.05, 0.1) is 0 Å². The largest absolute Gasteiger partial charge is 0.207 e. The van der Waals surface area contributed by atoms with Crippen LogP contribution in [0, 0.1) is 36.5 Å². The number of rotatable bonds is 0. The van der Waals surface area contributed by atoms with Crippen LogP contribution in [0.5, 0.6) is 0 Å². The average molecular weight is 318 g/mol. The Bertz CT molecular complexity index is 806. The van der Waals surface area contributed by atoms with Crippen molar-refractivity contribution in [1.29, 1.82) is 0 Å². The lowest BCUT2D eigenvalue weighted by Gasteiger charge is -2.35. The first-order chi connectivity index (χ1) is 11.7. The molecule has 0 nitrogen and oxygen atoms in total. The Kier molecular flexibility index (Phi) is 2.45. The first-order valence-electron chi connectivity index (χ1n) is 9.51. The van der Waals surface area contributed by atoms with Crippen molar-refractivity contribution < 1.29 is 4.39 Å². The third-order valence-corrected chi connectivity index (χ3v) is 7.93. The molecule has 0 N–H and O–H groups in total. The van der Waals surface area contributed by atoms with Gasteiger partial charge in [-0.2, -0.15) is 0 Å². The van der Waals surface area contributed by atoms with Crippen molar-refractivity contribution in [3.05, 3.63) is 71.1 Å². The minimum absolute atomic E-state index is 0.0293. The minimum Gasteiger partial charge on any atom is -0.207 e. The van der Waals surface area contributed by atoms with Gasteiger partial charge in [0.25, 0.3) is 0 Å². The normalized spacial score (nSPS) is 46.3. The summed E-state index contributed by atoms with van der Waals surface area (Å²) in [7, 11) is 0. The van der Waals surface area contributed by atoms with Crippen molar-refractivity contribution in [3.8, 4) is 0 Å². The van der Waals surface area contributed by atoms with E-state index in [0.717, 1.165) is 23.7 Å². The van der Waals surface area contributed by atoms with Gasteiger partial charge in [-0.1, -0.05) is 42.0 Å². The molecular weight excluding hydrogens is 295 g/mol. The van der Waals surface area contributed by atoms with Crippen molar-refractivity contribution in [2.45, 2.75) is 37.5 Å². The second-order valence-corrected chi connectivity index (χ2v) is 8.89. The number of benzene rings is 1. The SMILES string of the molecule is Cc1ccc2c(c1)C1(CC3C4C=CC(C4)C3C1)C1C=C(F)C=CC21. The van der Waals surface area contributed by atoms with Crippen molar-refractivity contribution in [1.82, 2.24) is 0 Å². The molecule has 2 fully saturated rings. The van der Waals surface area contributed by atoms with E-state index in [-0.39, 0.29) is 11.2 Å². The van der Waals surface area contributed by atoms with Gasteiger partial charge in [-0.15, -0.1) is 0 Å². The van der Waals surface area contributed by atoms with E-state index in [4.69, 9.17) is 0 Å². The fourth-order valence-corrected chi connectivity index (χ4v) is 7.07. The molecule has 0 aromatic heterocycles. The fraction of sp³-hybridized carbons (Fsp3) is 0.478. The molecule has 122 valence electrons. The summed E-state index contributed by atoms with van der Waals surface area (Å²) in [6, 6.07) is 6.97. The Morgan fingerprint density at radius 3 is 2.54 bits per heavy atom. The van der Waals surface area contributed by atoms with E-state index in [1.165, 1.54) is 30.4 Å². The third kappa shape index (κ3) is 1.50. The Morgan fingerprint density at radius 2 is 1.79 bits per heavy atom. The summed E-state index contributed by atoms with van der Waals surface area (Å²) in [6.07, 6.45) is 14.6. The van der Waals surface area contributed by atoms with Crippen LogP contribution in [0.25, 0.3) is 0 Å². The van der Waals surface area contributed by atoms with Crippen molar-refractivity contribution in [3.63, 3.8) is 0 Å². The van der Waals surface area contributed by atoms with Crippen LogP contribution in [0.4, 0.5) is 4.39 Å². The molecule has 5 aliphatic carbocycles. The van der Waals surface area contributed by atoms with E-state index >= 15 is 0 Å². The number of halogens is 1. The van der Waals surface area contributed by atoms with E-state index in [1.54, 1.807) is 11.6 Å². The van der Waals surface area contributed by atoms with E-state index in [0.29, 0.717) is 11.8 Å². The molecular formula is C23H23F. The van der Waals surface area contributed by atoms with Gasteiger partial charge in [0.1, 0.15) is 5.83 Å². The summed E-state index contributed by atoms with van der Waals surface area (Å²) >= 11 is 0. The van der Waals surface area contributed by atoms with Crippen LogP contribution in [0.1, 0.15) is 41.9 Å². The van der Waals surface area contributed by atoms with Gasteiger partial charge in [-0.05, 0) is 79.1 Å². The molecule has 1 spiro atoms. The quantitative estimate of drug-likeness (QED) is 0.546. The highest BCUT2D eigenvalue weighted by atomic mass is 19.1. The molecule has 0 aliphatic heterocycles. The Hall–Kier alpha value is -1.63. The molecule has 2 saturated carbocycles. The van der Waals surface area contributed by atoms with Gasteiger partial charge < -0.3 is 0 Å². The van der Waals surface area contributed by atoms with E-state index in [2.05, 4.69) is 43.4 Å². The van der Waals surface area contributed by atoms with Crippen LogP contribution in [0.3, 0.4) is 0 Å². The monoisotopic (exact) mass is 318 g/mol. The number of allylic oxidation sites excluding steroid dienone is 6. The molecule has 1 aromatic carbocycles. The zero-order valence-electron chi connectivity index (χ0n) is 14.1. The third-order valence-electron chi connectivity index (χ3n) is 7.93. The van der Waals surface area contributed by atoms with Gasteiger partial charge in [-0.25, -0.2) is 4.39 Å². The summed E-state index contributed by atoms with van der Waals surface area (Å²) < 4.78 is 14.2. The highest BCUT2D eigenvalue weighted by Crippen LogP contribution is 2.68. The lowest BCUT2D eigenvalue weighted by atomic mass is 9.68. The van der Waals surface area contributed by atoms with Crippen LogP contribution < -0.4 is 0 Å². The smallest absolute Gasteiger partial charge is 0.119 e. The van der Waals surface area contributed by atoms with Crippen LogP contribution in [0.2, 0.25) is 0 Å². The van der Waals surface area contributed by atoms with Crippen LogP contribution >= 0.6 is 0 Å². The lowest BCUT2D eigenvalue weighted by Crippen LogP contribution is -2.31. The van der Waals surface area contributed by atoms with Gasteiger partial charge in [0, 0.05) is 11.3 Å². The van der Waals surface area contributed by atoms with Crippen molar-refractivity contribution in [2.24, 2.45) is 29.6 Å². The second-order valence-electron chi connectivity index (χ2n) is 8.89. The Labute approximate surface area is 143 Å². The molecule has 1 aromatic rings. The highest BCUT2D eigenvalue weighted by Gasteiger charge is 2.61. The zero-order valence-corrected chi connectivity index (χ0v) is 14.1. The molecule has 6 unspecified atom stereocenters. The average Bonchev–Trinajstić information content (AvgIpc) is 3.30. The van der Waals surface area contributed by atoms with Crippen molar-refractivity contribution in [2.75, 3.05) is 0 Å². The zero-order chi connectivity index (χ0) is 16.1. The summed E-state index contributed by atoms with van der Waals surface area (Å²) in [5.41, 5.74) is 4.53. The van der Waals surface area contributed by atoms with Crippen molar-refractivity contribution >= 4 is 0 Å². The number of fused-ring (bicyclic) bond motifs is 10. The summed E-state index contributed by atoms with van der Waals surface area (Å²) in [5.74, 6) is 3.91. The molecule has 0 radical (unpaired) electrons. The molecule has 6 rings (SSSR count). The maximum absolute atomic E-state index is 14.2. The summed E-state index contributed by atoms with van der Waals surface area (Å²) in [4.78, 5) is 0. The van der Waals surface area contributed by atoms with E-state index in [1.807, 2.05) is 6.08 Å². The fourth-order valence-electron chi connectivity index (χ4n) is 7.07. The van der Waals surface area contributed by atoms with Crippen LogP contribution in [0.15, 0.2) is 54.4 Å². The summed E-state index contributed by atoms with van der Waals surface area (Å²) in [6.45, 7) is 2.20. The van der Waals surface area contributed by atoms with Crippen LogP contribution in [-0.2, 0) is 5.41 Å². The van der Waals surface area contributed by atoms with E-state index < -0.39 is 0 Å².